The molecule has 0 amide bonds. The van der Waals surface area contributed by atoms with Gasteiger partial charge >= 0.3 is 0 Å². The third-order valence-electron chi connectivity index (χ3n) is 6.49. The first-order chi connectivity index (χ1) is 17.9. The maximum absolute atomic E-state index is 13.1. The maximum Gasteiger partial charge on any atom is 0.243 e. The molecule has 196 valence electrons. The molecule has 2 fully saturated rings. The van der Waals surface area contributed by atoms with Crippen LogP contribution >= 0.6 is 0 Å². The molecule has 5 rings (SSSR count). The van der Waals surface area contributed by atoms with Crippen LogP contribution in [0.3, 0.4) is 0 Å². The van der Waals surface area contributed by atoms with Gasteiger partial charge in [0.15, 0.2) is 0 Å². The lowest BCUT2D eigenvalue weighted by Gasteiger charge is -2.32. The SMILES string of the molecule is CCc1nc(Nc2nccc(-c3cccc(S(=O)(=O)N4CCNCC4)c3)n2)nc(N2CCN(C)CC2)n1. The second kappa shape index (κ2) is 11.0. The van der Waals surface area contributed by atoms with Gasteiger partial charge in [0, 0.05) is 70.5 Å². The van der Waals surface area contributed by atoms with E-state index in [0.717, 1.165) is 26.2 Å². The maximum atomic E-state index is 13.1. The van der Waals surface area contributed by atoms with Gasteiger partial charge in [-0.3, -0.25) is 5.32 Å². The summed E-state index contributed by atoms with van der Waals surface area (Å²) in [6.45, 7) is 7.80. The minimum absolute atomic E-state index is 0.252. The van der Waals surface area contributed by atoms with E-state index in [-0.39, 0.29) is 4.90 Å². The third kappa shape index (κ3) is 5.85. The Bertz CT molecular complexity index is 1340. The zero-order chi connectivity index (χ0) is 25.8. The van der Waals surface area contributed by atoms with Crippen molar-refractivity contribution in [2.24, 2.45) is 0 Å². The molecule has 37 heavy (non-hydrogen) atoms. The van der Waals surface area contributed by atoms with Crippen LogP contribution in [0.5, 0.6) is 0 Å². The summed E-state index contributed by atoms with van der Waals surface area (Å²) in [6.07, 6.45) is 2.30. The first kappa shape index (κ1) is 25.4. The number of nitrogens with one attached hydrogen (secondary N) is 2. The summed E-state index contributed by atoms with van der Waals surface area (Å²) in [5.41, 5.74) is 1.28. The van der Waals surface area contributed by atoms with Gasteiger partial charge < -0.3 is 15.1 Å². The lowest BCUT2D eigenvalue weighted by atomic mass is 10.1. The molecule has 2 aliphatic heterocycles. The Morgan fingerprint density at radius 3 is 2.49 bits per heavy atom. The highest BCUT2D eigenvalue weighted by Gasteiger charge is 2.26. The second-order valence-electron chi connectivity index (χ2n) is 9.09. The Balaban J connectivity index is 1.38. The van der Waals surface area contributed by atoms with Gasteiger partial charge in [-0.15, -0.1) is 0 Å². The number of aromatic nitrogens is 5. The monoisotopic (exact) mass is 524 g/mol. The van der Waals surface area contributed by atoms with E-state index in [1.165, 1.54) is 4.31 Å². The number of likely N-dealkylation sites (N-methyl/N-ethyl adjacent to an activating group) is 1. The zero-order valence-corrected chi connectivity index (χ0v) is 21.9. The molecule has 4 heterocycles. The van der Waals surface area contributed by atoms with Gasteiger partial charge in [-0.1, -0.05) is 19.1 Å². The number of piperazine rings is 2. The van der Waals surface area contributed by atoms with E-state index < -0.39 is 10.0 Å². The highest BCUT2D eigenvalue weighted by molar-refractivity contribution is 7.89. The molecule has 0 saturated carbocycles. The van der Waals surface area contributed by atoms with E-state index in [4.69, 9.17) is 0 Å². The predicted octanol–water partition coefficient (Wildman–Crippen LogP) is 0.980. The van der Waals surface area contributed by atoms with E-state index in [1.807, 2.05) is 13.0 Å². The van der Waals surface area contributed by atoms with Crippen LogP contribution in [0, 0.1) is 0 Å². The molecular weight excluding hydrogens is 492 g/mol. The molecule has 0 atom stereocenters. The van der Waals surface area contributed by atoms with Gasteiger partial charge in [0.25, 0.3) is 0 Å². The van der Waals surface area contributed by atoms with Crippen molar-refractivity contribution in [1.82, 2.24) is 39.4 Å². The number of anilines is 3. The molecule has 3 aromatic rings. The number of hydrogen-bond donors (Lipinski definition) is 2. The quantitative estimate of drug-likeness (QED) is 0.458. The zero-order valence-electron chi connectivity index (χ0n) is 21.1. The van der Waals surface area contributed by atoms with Crippen molar-refractivity contribution in [1.29, 1.82) is 0 Å². The first-order valence-corrected chi connectivity index (χ1v) is 14.0. The molecule has 2 N–H and O–H groups in total. The van der Waals surface area contributed by atoms with E-state index in [1.54, 1.807) is 30.5 Å². The van der Waals surface area contributed by atoms with E-state index in [0.29, 0.717) is 67.5 Å². The van der Waals surface area contributed by atoms with Gasteiger partial charge in [0.1, 0.15) is 5.82 Å². The first-order valence-electron chi connectivity index (χ1n) is 12.5. The van der Waals surface area contributed by atoms with E-state index in [2.05, 4.69) is 52.4 Å². The van der Waals surface area contributed by atoms with Crippen LogP contribution < -0.4 is 15.5 Å². The number of hydrogen-bond acceptors (Lipinski definition) is 11. The van der Waals surface area contributed by atoms with Crippen molar-refractivity contribution in [3.05, 3.63) is 42.4 Å². The second-order valence-corrected chi connectivity index (χ2v) is 11.0. The highest BCUT2D eigenvalue weighted by atomic mass is 32.2. The lowest BCUT2D eigenvalue weighted by molar-refractivity contribution is 0.311. The Kier molecular flexibility index (Phi) is 7.55. The van der Waals surface area contributed by atoms with Crippen molar-refractivity contribution in [3.63, 3.8) is 0 Å². The van der Waals surface area contributed by atoms with Gasteiger partial charge in [-0.25, -0.2) is 18.4 Å². The smallest absolute Gasteiger partial charge is 0.243 e. The van der Waals surface area contributed by atoms with Crippen molar-refractivity contribution in [3.8, 4) is 11.3 Å². The van der Waals surface area contributed by atoms with Crippen LogP contribution in [0.2, 0.25) is 0 Å². The van der Waals surface area contributed by atoms with Crippen LogP contribution in [-0.4, -0.2) is 102 Å². The summed E-state index contributed by atoms with van der Waals surface area (Å²) in [7, 11) is -1.47. The molecule has 13 heteroatoms. The lowest BCUT2D eigenvalue weighted by Crippen LogP contribution is -2.46. The van der Waals surface area contributed by atoms with Crippen molar-refractivity contribution >= 4 is 27.9 Å². The largest absolute Gasteiger partial charge is 0.338 e. The number of nitrogens with zero attached hydrogens (tertiary/aromatic N) is 8. The fourth-order valence-electron chi connectivity index (χ4n) is 4.30. The molecule has 12 nitrogen and oxygen atoms in total. The molecule has 0 bridgehead atoms. The van der Waals surface area contributed by atoms with Crippen molar-refractivity contribution < 1.29 is 8.42 Å². The molecule has 0 aliphatic carbocycles. The Morgan fingerprint density at radius 1 is 0.946 bits per heavy atom. The fourth-order valence-corrected chi connectivity index (χ4v) is 5.79. The third-order valence-corrected chi connectivity index (χ3v) is 8.39. The summed E-state index contributed by atoms with van der Waals surface area (Å²) in [6, 6.07) is 8.61. The Morgan fingerprint density at radius 2 is 1.73 bits per heavy atom. The van der Waals surface area contributed by atoms with Crippen LogP contribution in [0.1, 0.15) is 12.7 Å². The van der Waals surface area contributed by atoms with Gasteiger partial charge in [-0.05, 0) is 25.2 Å². The number of benzene rings is 1. The topological polar surface area (TPSA) is 132 Å². The summed E-state index contributed by atoms with van der Waals surface area (Å²) in [5.74, 6) is 2.04. The van der Waals surface area contributed by atoms with Crippen LogP contribution in [0.4, 0.5) is 17.8 Å². The fraction of sp³-hybridized carbons (Fsp3) is 0.458. The summed E-state index contributed by atoms with van der Waals surface area (Å²) >= 11 is 0. The molecule has 2 aromatic heterocycles. The minimum atomic E-state index is -3.58. The molecule has 2 saturated heterocycles. The van der Waals surface area contributed by atoms with Crippen LogP contribution in [0.15, 0.2) is 41.4 Å². The normalized spacial score (nSPS) is 17.6. The number of rotatable bonds is 7. The van der Waals surface area contributed by atoms with Crippen molar-refractivity contribution in [2.45, 2.75) is 18.2 Å². The minimum Gasteiger partial charge on any atom is -0.338 e. The average Bonchev–Trinajstić information content (AvgIpc) is 2.94. The van der Waals surface area contributed by atoms with E-state index in [9.17, 15) is 8.42 Å². The molecule has 0 spiro atoms. The summed E-state index contributed by atoms with van der Waals surface area (Å²) in [5, 5.41) is 6.30. The molecule has 2 aliphatic rings. The van der Waals surface area contributed by atoms with Gasteiger partial charge in [-0.2, -0.15) is 19.3 Å². The Labute approximate surface area is 217 Å². The predicted molar refractivity (Wildman–Crippen MR) is 141 cm³/mol. The summed E-state index contributed by atoms with van der Waals surface area (Å²) < 4.78 is 27.8. The van der Waals surface area contributed by atoms with Crippen molar-refractivity contribution in [2.75, 3.05) is 69.6 Å². The Hall–Kier alpha value is -3.26. The van der Waals surface area contributed by atoms with Crippen LogP contribution in [0.25, 0.3) is 11.3 Å². The molecule has 0 radical (unpaired) electrons. The number of aryl methyl sites for hydroxylation is 1. The standard InChI is InChI=1S/C24H32N10O2S/c1-3-21-28-23(31-24(29-21)33-15-13-32(2)14-16-33)30-22-26-8-7-20(27-22)18-5-4-6-19(17-18)37(35,36)34-11-9-25-10-12-34/h4-8,17,25H,3,9-16H2,1-2H3,(H,26,27,28,29,30,31). The molecular formula is C24H32N10O2S. The average molecular weight is 525 g/mol. The van der Waals surface area contributed by atoms with E-state index >= 15 is 0 Å². The summed E-state index contributed by atoms with van der Waals surface area (Å²) in [4.78, 5) is 27.4. The van der Waals surface area contributed by atoms with Gasteiger partial charge in [0.05, 0.1) is 10.6 Å². The van der Waals surface area contributed by atoms with Gasteiger partial charge in [0.2, 0.25) is 27.9 Å². The van der Waals surface area contributed by atoms with Crippen LogP contribution in [-0.2, 0) is 16.4 Å². The molecule has 1 aromatic carbocycles. The number of sulfonamides is 1. The molecule has 0 unspecified atom stereocenters. The highest BCUT2D eigenvalue weighted by Crippen LogP contribution is 2.24.